The molecular weight excluding hydrogens is 226 g/mol. The first kappa shape index (κ1) is 12.6. The van der Waals surface area contributed by atoms with Gasteiger partial charge in [0.15, 0.2) is 0 Å². The smallest absolute Gasteiger partial charge is 0.313 e. The Kier molecular flexibility index (Phi) is 4.37. The van der Waals surface area contributed by atoms with Crippen molar-refractivity contribution in [3.63, 3.8) is 0 Å². The van der Waals surface area contributed by atoms with Gasteiger partial charge in [-0.15, -0.1) is 11.8 Å². The molecule has 1 aromatic rings. The van der Waals surface area contributed by atoms with Gasteiger partial charge in [-0.25, -0.2) is 0 Å². The fraction of sp³-hybridized carbons (Fsp3) is 0.273. The van der Waals surface area contributed by atoms with Crippen LogP contribution in [0.1, 0.15) is 6.92 Å². The first-order chi connectivity index (χ1) is 7.52. The van der Waals surface area contributed by atoms with Gasteiger partial charge >= 0.3 is 5.97 Å². The van der Waals surface area contributed by atoms with E-state index >= 15 is 0 Å². The predicted molar refractivity (Wildman–Crippen MR) is 63.9 cm³/mol. The number of carboxylic acid groups (broad SMARTS) is 1. The molecule has 0 spiro atoms. The highest BCUT2D eigenvalue weighted by Gasteiger charge is 2.11. The number of para-hydroxylation sites is 1. The van der Waals surface area contributed by atoms with Gasteiger partial charge in [0, 0.05) is 18.9 Å². The number of carboxylic acids is 1. The van der Waals surface area contributed by atoms with Crippen molar-refractivity contribution in [3.8, 4) is 0 Å². The lowest BCUT2D eigenvalue weighted by Gasteiger charge is -2.18. The van der Waals surface area contributed by atoms with E-state index in [1.165, 1.54) is 23.6 Å². The van der Waals surface area contributed by atoms with Crippen LogP contribution in [0.4, 0.5) is 5.69 Å². The van der Waals surface area contributed by atoms with Crippen LogP contribution in [0.25, 0.3) is 0 Å². The quantitative estimate of drug-likeness (QED) is 0.815. The van der Waals surface area contributed by atoms with Crippen LogP contribution in [0.2, 0.25) is 0 Å². The molecule has 0 radical (unpaired) electrons. The van der Waals surface area contributed by atoms with Gasteiger partial charge in [-0.05, 0) is 12.1 Å². The number of amides is 1. The van der Waals surface area contributed by atoms with Crippen molar-refractivity contribution in [1.82, 2.24) is 0 Å². The van der Waals surface area contributed by atoms with Crippen LogP contribution in [-0.2, 0) is 9.59 Å². The SMILES string of the molecule is CC(=O)N(C)c1ccccc1SCC(=O)O. The number of hydrogen-bond acceptors (Lipinski definition) is 3. The summed E-state index contributed by atoms with van der Waals surface area (Å²) >= 11 is 1.21. The summed E-state index contributed by atoms with van der Waals surface area (Å²) in [4.78, 5) is 24.0. The largest absolute Gasteiger partial charge is 0.481 e. The Labute approximate surface area is 98.3 Å². The molecule has 16 heavy (non-hydrogen) atoms. The Hall–Kier alpha value is -1.49. The van der Waals surface area contributed by atoms with E-state index < -0.39 is 5.97 Å². The molecule has 5 heteroatoms. The summed E-state index contributed by atoms with van der Waals surface area (Å²) in [6.07, 6.45) is 0. The van der Waals surface area contributed by atoms with Gasteiger partial charge in [0.1, 0.15) is 0 Å². The van der Waals surface area contributed by atoms with E-state index in [0.717, 1.165) is 10.6 Å². The maximum atomic E-state index is 11.2. The highest BCUT2D eigenvalue weighted by atomic mass is 32.2. The van der Waals surface area contributed by atoms with Crippen molar-refractivity contribution in [2.45, 2.75) is 11.8 Å². The molecule has 0 unspecified atom stereocenters. The summed E-state index contributed by atoms with van der Waals surface area (Å²) in [7, 11) is 1.67. The van der Waals surface area contributed by atoms with Crippen LogP contribution >= 0.6 is 11.8 Å². The molecule has 4 nitrogen and oxygen atoms in total. The van der Waals surface area contributed by atoms with E-state index in [0.29, 0.717) is 0 Å². The molecule has 0 fully saturated rings. The second-order valence-corrected chi connectivity index (χ2v) is 4.25. The topological polar surface area (TPSA) is 57.6 Å². The number of benzene rings is 1. The number of hydrogen-bond donors (Lipinski definition) is 1. The van der Waals surface area contributed by atoms with Crippen molar-refractivity contribution in [3.05, 3.63) is 24.3 Å². The molecule has 1 rings (SSSR count). The molecule has 0 aromatic heterocycles. The maximum Gasteiger partial charge on any atom is 0.313 e. The fourth-order valence-corrected chi connectivity index (χ4v) is 1.97. The van der Waals surface area contributed by atoms with Crippen molar-refractivity contribution < 1.29 is 14.7 Å². The van der Waals surface area contributed by atoms with Gasteiger partial charge in [-0.1, -0.05) is 12.1 Å². The average Bonchev–Trinajstić information content (AvgIpc) is 2.25. The second kappa shape index (κ2) is 5.55. The van der Waals surface area contributed by atoms with Gasteiger partial charge in [-0.2, -0.15) is 0 Å². The third kappa shape index (κ3) is 3.27. The summed E-state index contributed by atoms with van der Waals surface area (Å²) in [5.74, 6) is -0.961. The van der Waals surface area contributed by atoms with Crippen LogP contribution in [-0.4, -0.2) is 29.8 Å². The van der Waals surface area contributed by atoms with Crippen LogP contribution in [0.5, 0.6) is 0 Å². The number of anilines is 1. The Bertz CT molecular complexity index is 406. The Morgan fingerprint density at radius 1 is 1.38 bits per heavy atom. The molecule has 0 heterocycles. The zero-order chi connectivity index (χ0) is 12.1. The van der Waals surface area contributed by atoms with Crippen molar-refractivity contribution in [2.75, 3.05) is 17.7 Å². The molecule has 0 atom stereocenters. The number of carbonyl (C=O) groups is 2. The molecule has 1 N–H and O–H groups in total. The molecular formula is C11H13NO3S. The van der Waals surface area contributed by atoms with Crippen LogP contribution in [0, 0.1) is 0 Å². The second-order valence-electron chi connectivity index (χ2n) is 3.23. The van der Waals surface area contributed by atoms with E-state index in [4.69, 9.17) is 5.11 Å². The fourth-order valence-electron chi connectivity index (χ4n) is 1.17. The zero-order valence-corrected chi connectivity index (χ0v) is 9.95. The molecule has 1 aromatic carbocycles. The minimum Gasteiger partial charge on any atom is -0.481 e. The van der Waals surface area contributed by atoms with Gasteiger partial charge in [0.25, 0.3) is 0 Å². The summed E-state index contributed by atoms with van der Waals surface area (Å²) < 4.78 is 0. The molecule has 0 aliphatic rings. The van der Waals surface area contributed by atoms with Crippen molar-refractivity contribution in [2.24, 2.45) is 0 Å². The van der Waals surface area contributed by atoms with E-state index in [2.05, 4.69) is 0 Å². The lowest BCUT2D eigenvalue weighted by Crippen LogP contribution is -2.23. The van der Waals surface area contributed by atoms with E-state index in [-0.39, 0.29) is 11.7 Å². The van der Waals surface area contributed by atoms with E-state index in [1.54, 1.807) is 13.1 Å². The number of aliphatic carboxylic acids is 1. The van der Waals surface area contributed by atoms with Crippen molar-refractivity contribution >= 4 is 29.3 Å². The molecule has 86 valence electrons. The number of rotatable bonds is 4. The number of thioether (sulfide) groups is 1. The third-order valence-corrected chi connectivity index (χ3v) is 3.10. The number of nitrogens with zero attached hydrogens (tertiary/aromatic N) is 1. The first-order valence-corrected chi connectivity index (χ1v) is 5.69. The zero-order valence-electron chi connectivity index (χ0n) is 9.14. The minimum absolute atomic E-state index is 0.0112. The molecule has 0 bridgehead atoms. The molecule has 0 saturated carbocycles. The van der Waals surface area contributed by atoms with Crippen LogP contribution < -0.4 is 4.90 Å². The first-order valence-electron chi connectivity index (χ1n) is 4.70. The Morgan fingerprint density at radius 2 is 2.00 bits per heavy atom. The molecule has 0 aliphatic carbocycles. The van der Waals surface area contributed by atoms with Gasteiger partial charge < -0.3 is 10.0 Å². The van der Waals surface area contributed by atoms with Crippen LogP contribution in [0.3, 0.4) is 0 Å². The highest BCUT2D eigenvalue weighted by molar-refractivity contribution is 8.00. The Morgan fingerprint density at radius 3 is 2.56 bits per heavy atom. The van der Waals surface area contributed by atoms with Gasteiger partial charge in [0.2, 0.25) is 5.91 Å². The monoisotopic (exact) mass is 239 g/mol. The summed E-state index contributed by atoms with van der Waals surface area (Å²) in [5.41, 5.74) is 0.737. The molecule has 1 amide bonds. The minimum atomic E-state index is -0.870. The lowest BCUT2D eigenvalue weighted by atomic mass is 10.3. The molecule has 0 aliphatic heterocycles. The predicted octanol–water partition coefficient (Wildman–Crippen LogP) is 1.85. The summed E-state index contributed by atoms with van der Waals surface area (Å²) in [6, 6.07) is 7.25. The maximum absolute atomic E-state index is 11.2. The summed E-state index contributed by atoms with van der Waals surface area (Å²) in [5, 5.41) is 8.61. The van der Waals surface area contributed by atoms with Gasteiger partial charge in [-0.3, -0.25) is 9.59 Å². The Balaban J connectivity index is 2.91. The molecule has 0 saturated heterocycles. The van der Waals surface area contributed by atoms with Gasteiger partial charge in [0.05, 0.1) is 11.4 Å². The normalized spacial score (nSPS) is 9.88. The average molecular weight is 239 g/mol. The van der Waals surface area contributed by atoms with Crippen LogP contribution in [0.15, 0.2) is 29.2 Å². The number of carbonyl (C=O) groups excluding carboxylic acids is 1. The van der Waals surface area contributed by atoms with E-state index in [1.807, 2.05) is 18.2 Å². The standard InChI is InChI=1S/C11H13NO3S/c1-8(13)12(2)9-5-3-4-6-10(9)16-7-11(14)15/h3-6H,7H2,1-2H3,(H,14,15). The van der Waals surface area contributed by atoms with E-state index in [9.17, 15) is 9.59 Å². The lowest BCUT2D eigenvalue weighted by molar-refractivity contribution is -0.133. The summed E-state index contributed by atoms with van der Waals surface area (Å²) in [6.45, 7) is 1.47. The third-order valence-electron chi connectivity index (χ3n) is 2.05. The van der Waals surface area contributed by atoms with Crippen molar-refractivity contribution in [1.29, 1.82) is 0 Å². The highest BCUT2D eigenvalue weighted by Crippen LogP contribution is 2.29.